The van der Waals surface area contributed by atoms with Crippen molar-refractivity contribution < 1.29 is 18.0 Å². The van der Waals surface area contributed by atoms with E-state index in [9.17, 15) is 13.5 Å². The van der Waals surface area contributed by atoms with Crippen LogP contribution in [0.3, 0.4) is 0 Å². The van der Waals surface area contributed by atoms with Gasteiger partial charge in [-0.1, -0.05) is 29.1 Å². The van der Waals surface area contributed by atoms with Crippen molar-refractivity contribution >= 4 is 9.84 Å². The number of aromatic nitrogens is 3. The van der Waals surface area contributed by atoms with E-state index in [1.807, 2.05) is 59.2 Å². The lowest BCUT2D eigenvalue weighted by molar-refractivity contribution is 0.184. The topological polar surface area (TPSA) is 110 Å². The summed E-state index contributed by atoms with van der Waals surface area (Å²) in [6, 6.07) is 17.5. The molecule has 0 radical (unpaired) electrons. The normalized spacial score (nSPS) is 12.2. The highest BCUT2D eigenvalue weighted by molar-refractivity contribution is 7.90. The molecule has 186 valence electrons. The highest BCUT2D eigenvalue weighted by atomic mass is 32.2. The van der Waals surface area contributed by atoms with Crippen LogP contribution in [0.1, 0.15) is 41.2 Å². The molecule has 0 amide bonds. The first-order valence-electron chi connectivity index (χ1n) is 11.5. The van der Waals surface area contributed by atoms with Gasteiger partial charge in [-0.3, -0.25) is 0 Å². The van der Waals surface area contributed by atoms with E-state index in [2.05, 4.69) is 27.3 Å². The fraction of sp³-hybridized carbons (Fsp3) is 0.259. The van der Waals surface area contributed by atoms with E-state index in [0.29, 0.717) is 31.2 Å². The van der Waals surface area contributed by atoms with Crippen molar-refractivity contribution in [1.82, 2.24) is 20.0 Å². The summed E-state index contributed by atoms with van der Waals surface area (Å²) in [6.45, 7) is 3.18. The SMILES string of the molecule is C[C@H](O)c1nccn1Cc1cc(-c2ccc(C#Cc3ccc(CNCCS(C)(=O)=O)cc3)cc2)on1. The third-order valence-corrected chi connectivity index (χ3v) is 6.41. The van der Waals surface area contributed by atoms with Crippen molar-refractivity contribution in [2.24, 2.45) is 0 Å². The molecule has 1 atom stereocenters. The van der Waals surface area contributed by atoms with Crippen molar-refractivity contribution in [1.29, 1.82) is 0 Å². The maximum absolute atomic E-state index is 11.2. The van der Waals surface area contributed by atoms with Gasteiger partial charge in [0, 0.05) is 54.5 Å². The molecule has 2 aromatic carbocycles. The molecule has 0 saturated carbocycles. The molecule has 0 aliphatic heterocycles. The van der Waals surface area contributed by atoms with E-state index in [4.69, 9.17) is 4.52 Å². The summed E-state index contributed by atoms with van der Waals surface area (Å²) in [4.78, 5) is 4.17. The first kappa shape index (κ1) is 25.4. The number of sulfone groups is 1. The second kappa shape index (κ2) is 11.4. The van der Waals surface area contributed by atoms with Crippen LogP contribution in [0.15, 0.2) is 71.5 Å². The summed E-state index contributed by atoms with van der Waals surface area (Å²) in [6.07, 6.45) is 4.03. The summed E-state index contributed by atoms with van der Waals surface area (Å²) in [5, 5.41) is 17.1. The predicted molar refractivity (Wildman–Crippen MR) is 138 cm³/mol. The van der Waals surface area contributed by atoms with E-state index >= 15 is 0 Å². The molecule has 36 heavy (non-hydrogen) atoms. The van der Waals surface area contributed by atoms with Crippen LogP contribution in [-0.2, 0) is 22.9 Å². The van der Waals surface area contributed by atoms with Crippen molar-refractivity contribution in [3.05, 3.63) is 95.2 Å². The number of hydrogen-bond acceptors (Lipinski definition) is 7. The van der Waals surface area contributed by atoms with Gasteiger partial charge in [-0.25, -0.2) is 13.4 Å². The predicted octanol–water partition coefficient (Wildman–Crippen LogP) is 3.17. The molecule has 9 heteroatoms. The standard InChI is InChI=1S/C27H28N4O4S/c1-20(32)27-29-13-15-31(27)19-25-17-26(35-30-25)24-11-9-22(10-12-24)4-3-21-5-7-23(8-6-21)18-28-14-16-36(2,33)34/h5-13,15,17,20,28,32H,14,16,18-19H2,1-2H3/t20-/m0/s1. The summed E-state index contributed by atoms with van der Waals surface area (Å²) >= 11 is 0. The third-order valence-electron chi connectivity index (χ3n) is 5.47. The monoisotopic (exact) mass is 504 g/mol. The van der Waals surface area contributed by atoms with Crippen LogP contribution < -0.4 is 5.32 Å². The van der Waals surface area contributed by atoms with Gasteiger partial charge in [0.2, 0.25) is 0 Å². The van der Waals surface area contributed by atoms with Gasteiger partial charge < -0.3 is 19.5 Å². The fourth-order valence-corrected chi connectivity index (χ4v) is 4.09. The lowest BCUT2D eigenvalue weighted by Gasteiger charge is -2.07. The number of imidazole rings is 1. The van der Waals surface area contributed by atoms with E-state index in [1.54, 1.807) is 19.3 Å². The smallest absolute Gasteiger partial charge is 0.167 e. The van der Waals surface area contributed by atoms with E-state index in [0.717, 1.165) is 27.9 Å². The zero-order chi connectivity index (χ0) is 25.5. The van der Waals surface area contributed by atoms with Crippen LogP contribution in [0, 0.1) is 11.8 Å². The Bertz CT molecular complexity index is 1460. The minimum atomic E-state index is -2.95. The number of benzene rings is 2. The number of aliphatic hydroxyl groups is 1. The van der Waals surface area contributed by atoms with Gasteiger partial charge in [-0.2, -0.15) is 0 Å². The van der Waals surface area contributed by atoms with Crippen LogP contribution in [0.4, 0.5) is 0 Å². The lowest BCUT2D eigenvalue weighted by Crippen LogP contribution is -2.21. The molecule has 2 aromatic heterocycles. The van der Waals surface area contributed by atoms with Gasteiger partial charge in [0.15, 0.2) is 5.76 Å². The molecule has 0 spiro atoms. The summed E-state index contributed by atoms with van der Waals surface area (Å²) < 4.78 is 29.7. The highest BCUT2D eigenvalue weighted by Crippen LogP contribution is 2.22. The van der Waals surface area contributed by atoms with Gasteiger partial charge in [-0.05, 0) is 48.9 Å². The molecule has 0 aliphatic carbocycles. The quantitative estimate of drug-likeness (QED) is 0.266. The number of nitrogens with one attached hydrogen (secondary N) is 1. The molecule has 4 aromatic rings. The molecule has 4 rings (SSSR count). The molecule has 0 saturated heterocycles. The Balaban J connectivity index is 1.34. The molecule has 0 unspecified atom stereocenters. The maximum atomic E-state index is 11.2. The van der Waals surface area contributed by atoms with E-state index in [1.165, 1.54) is 6.26 Å². The molecular formula is C27H28N4O4S. The molecule has 8 nitrogen and oxygen atoms in total. The summed E-state index contributed by atoms with van der Waals surface area (Å²) in [5.41, 5.74) is 4.48. The van der Waals surface area contributed by atoms with Crippen LogP contribution in [0.5, 0.6) is 0 Å². The number of aliphatic hydroxyl groups excluding tert-OH is 1. The van der Waals surface area contributed by atoms with Gasteiger partial charge in [0.1, 0.15) is 27.5 Å². The van der Waals surface area contributed by atoms with Crippen molar-refractivity contribution in [3.63, 3.8) is 0 Å². The number of nitrogens with zero attached hydrogens (tertiary/aromatic N) is 3. The van der Waals surface area contributed by atoms with Crippen LogP contribution >= 0.6 is 0 Å². The van der Waals surface area contributed by atoms with Gasteiger partial charge in [0.05, 0.1) is 12.3 Å². The largest absolute Gasteiger partial charge is 0.385 e. The Morgan fingerprint density at radius 1 is 1.08 bits per heavy atom. The van der Waals surface area contributed by atoms with Gasteiger partial charge >= 0.3 is 0 Å². The van der Waals surface area contributed by atoms with Gasteiger partial charge in [-0.15, -0.1) is 0 Å². The summed E-state index contributed by atoms with van der Waals surface area (Å²) in [5.74, 6) is 7.70. The zero-order valence-electron chi connectivity index (χ0n) is 20.2. The van der Waals surface area contributed by atoms with Gasteiger partial charge in [0.25, 0.3) is 0 Å². The van der Waals surface area contributed by atoms with Crippen LogP contribution in [0.25, 0.3) is 11.3 Å². The average Bonchev–Trinajstić information content (AvgIpc) is 3.51. The van der Waals surface area contributed by atoms with E-state index < -0.39 is 15.9 Å². The Labute approximate surface area is 210 Å². The second-order valence-electron chi connectivity index (χ2n) is 8.60. The molecule has 2 heterocycles. The molecule has 0 fully saturated rings. The molecule has 0 bridgehead atoms. The Morgan fingerprint density at radius 2 is 1.75 bits per heavy atom. The van der Waals surface area contributed by atoms with Crippen LogP contribution in [-0.4, -0.2) is 46.8 Å². The minimum absolute atomic E-state index is 0.128. The minimum Gasteiger partial charge on any atom is -0.385 e. The molecule has 0 aliphatic rings. The van der Waals surface area contributed by atoms with Crippen molar-refractivity contribution in [3.8, 4) is 23.2 Å². The average molecular weight is 505 g/mol. The Hall–Kier alpha value is -3.71. The summed E-state index contributed by atoms with van der Waals surface area (Å²) in [7, 11) is -2.95. The van der Waals surface area contributed by atoms with E-state index in [-0.39, 0.29) is 5.75 Å². The number of rotatable bonds is 9. The first-order valence-corrected chi connectivity index (χ1v) is 13.6. The highest BCUT2D eigenvalue weighted by Gasteiger charge is 2.12. The first-order chi connectivity index (χ1) is 17.3. The lowest BCUT2D eigenvalue weighted by atomic mass is 10.1. The maximum Gasteiger partial charge on any atom is 0.167 e. The fourth-order valence-electron chi connectivity index (χ4n) is 3.58. The Kier molecular flexibility index (Phi) is 8.00. The number of hydrogen-bond donors (Lipinski definition) is 2. The second-order valence-corrected chi connectivity index (χ2v) is 10.9. The molecular weight excluding hydrogens is 476 g/mol. The molecule has 2 N–H and O–H groups in total. The zero-order valence-corrected chi connectivity index (χ0v) is 21.0. The third kappa shape index (κ3) is 7.15. The Morgan fingerprint density at radius 3 is 2.39 bits per heavy atom. The van der Waals surface area contributed by atoms with Crippen molar-refractivity contribution in [2.75, 3.05) is 18.6 Å². The van der Waals surface area contributed by atoms with Crippen LogP contribution in [0.2, 0.25) is 0 Å². The van der Waals surface area contributed by atoms with Crippen molar-refractivity contribution in [2.45, 2.75) is 26.1 Å².